The maximum absolute atomic E-state index is 13.2. The van der Waals surface area contributed by atoms with Crippen LogP contribution in [0, 0.1) is 0 Å². The van der Waals surface area contributed by atoms with Crippen LogP contribution in [-0.2, 0) is 26.6 Å². The second-order valence-electron chi connectivity index (χ2n) is 7.63. The van der Waals surface area contributed by atoms with Crippen LogP contribution in [0.4, 0.5) is 0 Å². The molecule has 1 aromatic rings. The third kappa shape index (κ3) is 4.25. The number of sulfonamides is 1. The molecule has 0 radical (unpaired) electrons. The number of esters is 1. The summed E-state index contributed by atoms with van der Waals surface area (Å²) in [5.74, 6) is -0.815. The fraction of sp³-hybridized carbons (Fsp3) is 0.684. The number of rotatable bonds is 5. The molecule has 2 fully saturated rings. The van der Waals surface area contributed by atoms with Crippen LogP contribution in [0.1, 0.15) is 61.9 Å². The molecule has 28 heavy (non-hydrogen) atoms. The summed E-state index contributed by atoms with van der Waals surface area (Å²) in [5, 5.41) is 3.07. The minimum atomic E-state index is -3.88. The molecule has 0 aromatic carbocycles. The minimum Gasteiger partial charge on any atom is -0.464 e. The van der Waals surface area contributed by atoms with Gasteiger partial charge in [-0.2, -0.15) is 4.31 Å². The summed E-state index contributed by atoms with van der Waals surface area (Å²) in [7, 11) is -1.04. The molecule has 1 aliphatic carbocycles. The van der Waals surface area contributed by atoms with Gasteiger partial charge < -0.3 is 14.6 Å². The van der Waals surface area contributed by atoms with Crippen molar-refractivity contribution in [2.24, 2.45) is 7.05 Å². The Bertz CT molecular complexity index is 825. The average Bonchev–Trinajstić information content (AvgIpc) is 3.24. The lowest BCUT2D eigenvalue weighted by Gasteiger charge is -2.25. The van der Waals surface area contributed by atoms with Crippen molar-refractivity contribution in [2.75, 3.05) is 13.7 Å². The van der Waals surface area contributed by atoms with Crippen LogP contribution in [0.25, 0.3) is 0 Å². The summed E-state index contributed by atoms with van der Waals surface area (Å²) < 4.78 is 33.7. The molecule has 1 saturated heterocycles. The number of carbonyl (C=O) groups excluding carboxylic acids is 2. The van der Waals surface area contributed by atoms with Crippen molar-refractivity contribution in [1.82, 2.24) is 14.2 Å². The Hall–Kier alpha value is -1.87. The molecule has 3 rings (SSSR count). The highest BCUT2D eigenvalue weighted by Crippen LogP contribution is 2.28. The van der Waals surface area contributed by atoms with E-state index in [2.05, 4.69) is 5.32 Å². The van der Waals surface area contributed by atoms with E-state index in [1.807, 2.05) is 0 Å². The number of nitrogens with one attached hydrogen (secondary N) is 1. The Kier molecular flexibility index (Phi) is 6.44. The first-order valence-corrected chi connectivity index (χ1v) is 11.4. The van der Waals surface area contributed by atoms with Gasteiger partial charge in [0.1, 0.15) is 16.6 Å². The van der Waals surface area contributed by atoms with Gasteiger partial charge in [-0.3, -0.25) is 4.79 Å². The predicted molar refractivity (Wildman–Crippen MR) is 103 cm³/mol. The topological polar surface area (TPSA) is 97.7 Å². The number of carbonyl (C=O) groups is 2. The number of aryl methyl sites for hydroxylation is 1. The normalized spacial score (nSPS) is 22.0. The molecule has 1 amide bonds. The SMILES string of the molecule is COC(=O)c1cc(S(=O)(=O)N2CCC[C@H]2C(=O)NC2CCCCCC2)cn1C. The van der Waals surface area contributed by atoms with Gasteiger partial charge in [-0.25, -0.2) is 13.2 Å². The molecular weight excluding hydrogens is 382 g/mol. The number of hydrogen-bond acceptors (Lipinski definition) is 5. The number of ether oxygens (including phenoxy) is 1. The van der Waals surface area contributed by atoms with Gasteiger partial charge >= 0.3 is 5.97 Å². The fourth-order valence-corrected chi connectivity index (χ4v) is 5.86. The lowest BCUT2D eigenvalue weighted by Crippen LogP contribution is -2.48. The molecule has 1 atom stereocenters. The highest BCUT2D eigenvalue weighted by molar-refractivity contribution is 7.89. The van der Waals surface area contributed by atoms with E-state index in [-0.39, 0.29) is 22.5 Å². The van der Waals surface area contributed by atoms with Gasteiger partial charge in [0.25, 0.3) is 0 Å². The van der Waals surface area contributed by atoms with Crippen LogP contribution in [0.15, 0.2) is 17.2 Å². The molecule has 8 nitrogen and oxygen atoms in total. The molecule has 1 N–H and O–H groups in total. The van der Waals surface area contributed by atoms with Gasteiger partial charge in [0, 0.05) is 25.8 Å². The Labute approximate surface area is 166 Å². The number of nitrogens with zero attached hydrogens (tertiary/aromatic N) is 2. The van der Waals surface area contributed by atoms with Crippen molar-refractivity contribution in [3.63, 3.8) is 0 Å². The molecule has 0 bridgehead atoms. The summed E-state index contributed by atoms with van der Waals surface area (Å²) in [5.41, 5.74) is 0.153. The van der Waals surface area contributed by atoms with E-state index in [9.17, 15) is 18.0 Å². The molecule has 0 unspecified atom stereocenters. The standard InChI is InChI=1S/C19H29N3O5S/c1-21-13-15(12-17(21)19(24)27-2)28(25,26)22-11-7-10-16(22)18(23)20-14-8-5-3-4-6-9-14/h12-14,16H,3-11H2,1-2H3,(H,20,23)/t16-/m0/s1. The van der Waals surface area contributed by atoms with Crippen molar-refractivity contribution in [2.45, 2.75) is 68.3 Å². The average molecular weight is 412 g/mol. The van der Waals surface area contributed by atoms with Crippen molar-refractivity contribution >= 4 is 21.9 Å². The first kappa shape index (κ1) is 20.9. The van der Waals surface area contributed by atoms with Crippen LogP contribution in [0.3, 0.4) is 0 Å². The molecule has 2 aliphatic rings. The number of aromatic nitrogens is 1. The van der Waals surface area contributed by atoms with Gasteiger partial charge in [0.2, 0.25) is 15.9 Å². The maximum Gasteiger partial charge on any atom is 0.354 e. The van der Waals surface area contributed by atoms with E-state index in [4.69, 9.17) is 4.74 Å². The summed E-state index contributed by atoms with van der Waals surface area (Å²) in [6.07, 6.45) is 9.00. The van der Waals surface area contributed by atoms with Crippen LogP contribution in [0.2, 0.25) is 0 Å². The fourth-order valence-electron chi connectivity index (χ4n) is 4.13. The lowest BCUT2D eigenvalue weighted by atomic mass is 10.1. The number of hydrogen-bond donors (Lipinski definition) is 1. The van der Waals surface area contributed by atoms with E-state index < -0.39 is 22.0 Å². The van der Waals surface area contributed by atoms with Crippen LogP contribution >= 0.6 is 0 Å². The van der Waals surface area contributed by atoms with Gasteiger partial charge in [0.05, 0.1) is 7.11 Å². The van der Waals surface area contributed by atoms with Crippen molar-refractivity contribution in [3.8, 4) is 0 Å². The third-order valence-electron chi connectivity index (χ3n) is 5.69. The predicted octanol–water partition coefficient (Wildman–Crippen LogP) is 1.80. The van der Waals surface area contributed by atoms with Crippen molar-refractivity contribution < 1.29 is 22.7 Å². The zero-order valence-electron chi connectivity index (χ0n) is 16.5. The Balaban J connectivity index is 1.77. The van der Waals surface area contributed by atoms with Crippen molar-refractivity contribution in [3.05, 3.63) is 18.0 Å². The van der Waals surface area contributed by atoms with Crippen LogP contribution < -0.4 is 5.32 Å². The van der Waals surface area contributed by atoms with Crippen LogP contribution in [-0.4, -0.2) is 54.9 Å². The maximum atomic E-state index is 13.2. The third-order valence-corrected chi connectivity index (χ3v) is 7.56. The van der Waals surface area contributed by atoms with E-state index in [0.29, 0.717) is 19.4 Å². The van der Waals surface area contributed by atoms with E-state index in [1.54, 1.807) is 7.05 Å². The number of amides is 1. The Morgan fingerprint density at radius 3 is 2.43 bits per heavy atom. The summed E-state index contributed by atoms with van der Waals surface area (Å²) >= 11 is 0. The van der Waals surface area contributed by atoms with Gasteiger partial charge in [-0.05, 0) is 31.7 Å². The monoisotopic (exact) mass is 411 g/mol. The molecule has 1 saturated carbocycles. The molecule has 0 spiro atoms. The molecule has 1 aromatic heterocycles. The zero-order valence-corrected chi connectivity index (χ0v) is 17.3. The molecule has 9 heteroatoms. The minimum absolute atomic E-state index is 0.00423. The van der Waals surface area contributed by atoms with Gasteiger partial charge in [-0.1, -0.05) is 25.7 Å². The molecule has 156 valence electrons. The smallest absolute Gasteiger partial charge is 0.354 e. The second kappa shape index (κ2) is 8.65. The molecule has 2 heterocycles. The molecular formula is C19H29N3O5S. The Morgan fingerprint density at radius 2 is 1.79 bits per heavy atom. The summed E-state index contributed by atoms with van der Waals surface area (Å²) in [4.78, 5) is 24.7. The van der Waals surface area contributed by atoms with Crippen LogP contribution in [0.5, 0.6) is 0 Å². The van der Waals surface area contributed by atoms with E-state index >= 15 is 0 Å². The Morgan fingerprint density at radius 1 is 1.11 bits per heavy atom. The summed E-state index contributed by atoms with van der Waals surface area (Å²) in [6, 6.07) is 0.734. The highest BCUT2D eigenvalue weighted by Gasteiger charge is 2.40. The second-order valence-corrected chi connectivity index (χ2v) is 9.52. The van der Waals surface area contributed by atoms with E-state index in [0.717, 1.165) is 25.7 Å². The molecule has 1 aliphatic heterocycles. The van der Waals surface area contributed by atoms with Gasteiger partial charge in [-0.15, -0.1) is 0 Å². The van der Waals surface area contributed by atoms with E-state index in [1.165, 1.54) is 41.1 Å². The first-order chi connectivity index (χ1) is 13.3. The van der Waals surface area contributed by atoms with Gasteiger partial charge in [0.15, 0.2) is 0 Å². The highest BCUT2D eigenvalue weighted by atomic mass is 32.2. The summed E-state index contributed by atoms with van der Waals surface area (Å²) in [6.45, 7) is 0.299. The van der Waals surface area contributed by atoms with Crippen molar-refractivity contribution in [1.29, 1.82) is 0 Å². The zero-order chi connectivity index (χ0) is 20.3. The largest absolute Gasteiger partial charge is 0.464 e. The number of methoxy groups -OCH3 is 1. The first-order valence-electron chi connectivity index (χ1n) is 9.91. The quantitative estimate of drug-likeness (QED) is 0.589. The lowest BCUT2D eigenvalue weighted by molar-refractivity contribution is -0.125.